The molecule has 2 atom stereocenters. The monoisotopic (exact) mass is 417 g/mol. The summed E-state index contributed by atoms with van der Waals surface area (Å²) < 4.78 is 11.0. The molecule has 2 aliphatic rings. The lowest BCUT2D eigenvalue weighted by Gasteiger charge is -2.38. The Morgan fingerprint density at radius 2 is 1.81 bits per heavy atom. The number of ketones is 1. The molecular formula is C26H27NO4. The molecule has 2 aromatic carbocycles. The molecule has 4 rings (SSSR count). The van der Waals surface area contributed by atoms with Gasteiger partial charge in [0.1, 0.15) is 11.5 Å². The van der Waals surface area contributed by atoms with Gasteiger partial charge in [0.05, 0.1) is 25.2 Å². The van der Waals surface area contributed by atoms with Gasteiger partial charge in [0.2, 0.25) is 0 Å². The fourth-order valence-corrected chi connectivity index (χ4v) is 4.44. The molecule has 0 fully saturated rings. The molecule has 0 radical (unpaired) electrons. The second-order valence-electron chi connectivity index (χ2n) is 7.93. The fourth-order valence-electron chi connectivity index (χ4n) is 4.44. The summed E-state index contributed by atoms with van der Waals surface area (Å²) in [6.45, 7) is 2.16. The van der Waals surface area contributed by atoms with Crippen molar-refractivity contribution in [1.29, 1.82) is 0 Å². The molecule has 0 amide bonds. The molecule has 1 N–H and O–H groups in total. The average molecular weight is 418 g/mol. The molecule has 0 spiro atoms. The van der Waals surface area contributed by atoms with Crippen LogP contribution in [0.25, 0.3) is 0 Å². The minimum Gasteiger partial charge on any atom is -0.497 e. The lowest BCUT2D eigenvalue weighted by atomic mass is 9.71. The van der Waals surface area contributed by atoms with E-state index in [0.29, 0.717) is 18.4 Å². The normalized spacial score (nSPS) is 20.5. The number of carbonyl (C=O) groups excluding carboxylic acids is 2. The number of methoxy groups -OCH3 is 1. The van der Waals surface area contributed by atoms with Gasteiger partial charge in [0.25, 0.3) is 0 Å². The Morgan fingerprint density at radius 1 is 1.06 bits per heavy atom. The molecule has 1 aliphatic carbocycles. The van der Waals surface area contributed by atoms with Gasteiger partial charge in [-0.15, -0.1) is 0 Å². The van der Waals surface area contributed by atoms with Gasteiger partial charge in [-0.3, -0.25) is 4.79 Å². The molecule has 31 heavy (non-hydrogen) atoms. The summed E-state index contributed by atoms with van der Waals surface area (Å²) >= 11 is 0. The highest BCUT2D eigenvalue weighted by atomic mass is 16.5. The molecule has 0 saturated carbocycles. The van der Waals surface area contributed by atoms with E-state index in [2.05, 4.69) is 11.4 Å². The Morgan fingerprint density at radius 3 is 2.52 bits per heavy atom. The molecule has 5 nitrogen and oxygen atoms in total. The van der Waals surface area contributed by atoms with Gasteiger partial charge in [-0.2, -0.15) is 0 Å². The topological polar surface area (TPSA) is 64.6 Å². The Hall–Kier alpha value is -3.34. The quantitative estimate of drug-likeness (QED) is 0.710. The summed E-state index contributed by atoms with van der Waals surface area (Å²) in [6.07, 6.45) is 3.92. The van der Waals surface area contributed by atoms with E-state index in [9.17, 15) is 9.59 Å². The Labute approximate surface area is 182 Å². The first-order chi connectivity index (χ1) is 15.1. The van der Waals surface area contributed by atoms with Gasteiger partial charge in [-0.25, -0.2) is 4.79 Å². The van der Waals surface area contributed by atoms with Gasteiger partial charge in [-0.1, -0.05) is 48.5 Å². The number of hydrogen-bond acceptors (Lipinski definition) is 5. The summed E-state index contributed by atoms with van der Waals surface area (Å²) in [5.74, 6) is -0.277. The maximum Gasteiger partial charge on any atom is 0.336 e. The van der Waals surface area contributed by atoms with Crippen LogP contribution in [-0.4, -0.2) is 25.5 Å². The molecule has 5 heteroatoms. The number of hydrogen-bond donors (Lipinski definition) is 1. The highest BCUT2D eigenvalue weighted by Gasteiger charge is 2.43. The number of esters is 1. The van der Waals surface area contributed by atoms with Crippen molar-refractivity contribution in [2.24, 2.45) is 5.92 Å². The summed E-state index contributed by atoms with van der Waals surface area (Å²) in [5.41, 5.74) is 4.17. The van der Waals surface area contributed by atoms with Gasteiger partial charge in [-0.05, 0) is 36.6 Å². The van der Waals surface area contributed by atoms with E-state index in [4.69, 9.17) is 9.47 Å². The van der Waals surface area contributed by atoms with E-state index < -0.39 is 5.92 Å². The van der Waals surface area contributed by atoms with Crippen molar-refractivity contribution in [3.05, 3.63) is 88.8 Å². The zero-order valence-electron chi connectivity index (χ0n) is 17.9. The highest BCUT2D eigenvalue weighted by Crippen LogP contribution is 2.44. The van der Waals surface area contributed by atoms with Gasteiger partial charge in [0.15, 0.2) is 0 Å². The van der Waals surface area contributed by atoms with E-state index in [1.54, 1.807) is 7.11 Å². The number of fused-ring (bicyclic) bond motifs is 1. The Bertz CT molecular complexity index is 1020. The first-order valence-corrected chi connectivity index (χ1v) is 10.6. The second-order valence-corrected chi connectivity index (χ2v) is 7.93. The Kier molecular flexibility index (Phi) is 6.21. The SMILES string of the molecule is COc1ccc(C2C(C(=O)OCCc3ccccc3)=C(C)NC3=CCCC(=O)C32)cc1. The summed E-state index contributed by atoms with van der Waals surface area (Å²) in [7, 11) is 1.62. The summed E-state index contributed by atoms with van der Waals surface area (Å²) in [6, 6.07) is 17.5. The van der Waals surface area contributed by atoms with E-state index in [1.807, 2.05) is 61.5 Å². The van der Waals surface area contributed by atoms with Crippen molar-refractivity contribution in [2.45, 2.75) is 32.1 Å². The molecule has 2 aromatic rings. The molecule has 1 aliphatic heterocycles. The fraction of sp³-hybridized carbons (Fsp3) is 0.308. The number of nitrogens with one attached hydrogen (secondary N) is 1. The molecule has 2 unspecified atom stereocenters. The number of Topliss-reactive ketones (excluding diaryl/α,β-unsaturated/α-hetero) is 1. The first kappa shape index (κ1) is 20.9. The number of allylic oxidation sites excluding steroid dienone is 3. The average Bonchev–Trinajstić information content (AvgIpc) is 2.79. The minimum absolute atomic E-state index is 0.146. The highest BCUT2D eigenvalue weighted by molar-refractivity contribution is 5.96. The van der Waals surface area contributed by atoms with Gasteiger partial charge in [0, 0.05) is 30.2 Å². The van der Waals surface area contributed by atoms with E-state index in [-0.39, 0.29) is 24.3 Å². The van der Waals surface area contributed by atoms with Crippen LogP contribution in [0.3, 0.4) is 0 Å². The van der Waals surface area contributed by atoms with Crippen LogP contribution in [0.15, 0.2) is 77.6 Å². The zero-order chi connectivity index (χ0) is 21.8. The maximum atomic E-state index is 13.2. The number of rotatable bonds is 6. The van der Waals surface area contributed by atoms with Crippen molar-refractivity contribution >= 4 is 11.8 Å². The molecule has 0 saturated heterocycles. The predicted octanol–water partition coefficient (Wildman–Crippen LogP) is 4.30. The second kappa shape index (κ2) is 9.21. The van der Waals surface area contributed by atoms with Crippen molar-refractivity contribution in [3.63, 3.8) is 0 Å². The minimum atomic E-state index is -0.400. The van der Waals surface area contributed by atoms with Gasteiger partial charge >= 0.3 is 5.97 Å². The molecular weight excluding hydrogens is 390 g/mol. The molecule has 0 aromatic heterocycles. The molecule has 0 bridgehead atoms. The Balaban J connectivity index is 1.63. The van der Waals surface area contributed by atoms with Crippen molar-refractivity contribution in [2.75, 3.05) is 13.7 Å². The third-order valence-electron chi connectivity index (χ3n) is 5.98. The largest absolute Gasteiger partial charge is 0.497 e. The van der Waals surface area contributed by atoms with Crippen LogP contribution in [0.1, 0.15) is 36.8 Å². The third-order valence-corrected chi connectivity index (χ3v) is 5.98. The standard InChI is InChI=1S/C26H27NO4/c1-17-23(26(29)31-16-15-18-7-4-3-5-8-18)24(19-11-13-20(30-2)14-12-19)25-21(27-17)9-6-10-22(25)28/h3-5,7-9,11-14,24-25,27H,6,10,15-16H2,1-2H3. The molecule has 1 heterocycles. The van der Waals surface area contributed by atoms with Crippen LogP contribution in [-0.2, 0) is 20.7 Å². The van der Waals surface area contributed by atoms with Crippen LogP contribution in [0.4, 0.5) is 0 Å². The van der Waals surface area contributed by atoms with Crippen LogP contribution in [0, 0.1) is 5.92 Å². The van der Waals surface area contributed by atoms with Crippen molar-refractivity contribution < 1.29 is 19.1 Å². The van der Waals surface area contributed by atoms with Crippen molar-refractivity contribution in [3.8, 4) is 5.75 Å². The maximum absolute atomic E-state index is 13.2. The third kappa shape index (κ3) is 4.41. The lowest BCUT2D eigenvalue weighted by Crippen LogP contribution is -2.40. The smallest absolute Gasteiger partial charge is 0.336 e. The number of benzene rings is 2. The van der Waals surface area contributed by atoms with E-state index in [1.165, 1.54) is 0 Å². The van der Waals surface area contributed by atoms with Crippen LogP contribution < -0.4 is 10.1 Å². The number of ether oxygens (including phenoxy) is 2. The summed E-state index contributed by atoms with van der Waals surface area (Å²) in [5, 5.41) is 3.30. The van der Waals surface area contributed by atoms with Crippen molar-refractivity contribution in [1.82, 2.24) is 5.32 Å². The van der Waals surface area contributed by atoms with E-state index >= 15 is 0 Å². The first-order valence-electron chi connectivity index (χ1n) is 10.6. The van der Waals surface area contributed by atoms with E-state index in [0.717, 1.165) is 34.7 Å². The van der Waals surface area contributed by atoms with Crippen LogP contribution in [0.5, 0.6) is 5.75 Å². The van der Waals surface area contributed by atoms with Crippen LogP contribution in [0.2, 0.25) is 0 Å². The zero-order valence-corrected chi connectivity index (χ0v) is 17.9. The lowest BCUT2D eigenvalue weighted by molar-refractivity contribution is -0.139. The molecule has 160 valence electrons. The van der Waals surface area contributed by atoms with Crippen LogP contribution >= 0.6 is 0 Å². The predicted molar refractivity (Wildman–Crippen MR) is 118 cm³/mol. The number of carbonyl (C=O) groups is 2. The van der Waals surface area contributed by atoms with Gasteiger partial charge < -0.3 is 14.8 Å². The summed E-state index contributed by atoms with van der Waals surface area (Å²) in [4.78, 5) is 26.1.